The SMILES string of the molecule is CCCCCCCC(=O)CCCCCC/C=C/[C@@H](C(=O)N[C@@H](Cc1ccc(OCC=C(C)C)cc1)C(=O)O)[C@@](O)(CC(=O)OC)C(=O)O. The summed E-state index contributed by atoms with van der Waals surface area (Å²) in [4.78, 5) is 61.9. The summed E-state index contributed by atoms with van der Waals surface area (Å²) in [7, 11) is 1.02. The Morgan fingerprint density at radius 1 is 0.896 bits per heavy atom. The van der Waals surface area contributed by atoms with Crippen molar-refractivity contribution in [1.29, 1.82) is 0 Å². The van der Waals surface area contributed by atoms with Crippen molar-refractivity contribution in [2.75, 3.05) is 13.7 Å². The second-order valence-corrected chi connectivity index (χ2v) is 12.4. The first-order valence-corrected chi connectivity index (χ1v) is 16.9. The molecule has 11 heteroatoms. The van der Waals surface area contributed by atoms with Gasteiger partial charge >= 0.3 is 17.9 Å². The van der Waals surface area contributed by atoms with E-state index in [1.807, 2.05) is 19.9 Å². The molecule has 0 aliphatic rings. The number of Topliss-reactive ketones (excluding diaryl/α,β-unsaturated/α-hetero) is 1. The van der Waals surface area contributed by atoms with Crippen LogP contribution in [-0.2, 0) is 35.1 Å². The van der Waals surface area contributed by atoms with Crippen LogP contribution in [0.25, 0.3) is 0 Å². The van der Waals surface area contributed by atoms with Crippen LogP contribution in [0.15, 0.2) is 48.1 Å². The van der Waals surface area contributed by atoms with Crippen molar-refractivity contribution >= 4 is 29.6 Å². The Hall–Kier alpha value is -3.99. The highest BCUT2D eigenvalue weighted by Crippen LogP contribution is 2.26. The van der Waals surface area contributed by atoms with Crippen molar-refractivity contribution in [3.63, 3.8) is 0 Å². The number of amides is 1. The quantitative estimate of drug-likeness (QED) is 0.0521. The van der Waals surface area contributed by atoms with Crippen molar-refractivity contribution in [1.82, 2.24) is 5.32 Å². The molecule has 0 saturated carbocycles. The minimum atomic E-state index is -2.89. The standard InChI is InChI=1S/C37H55NO10/c1-5-6-7-10-13-16-29(39)17-14-11-8-9-12-15-18-31(37(46,36(44)45)26-33(40)47-4)34(41)38-32(35(42)43)25-28-19-21-30(22-20-28)48-24-23-27(2)3/h15,18-23,31-32,46H,5-14,16-17,24-26H2,1-4H3,(H,38,41)(H,42,43)(H,44,45)/b18-15+/t31-,32-,37-/m0/s1. The molecule has 0 unspecified atom stereocenters. The smallest absolute Gasteiger partial charge is 0.337 e. The van der Waals surface area contributed by atoms with E-state index < -0.39 is 47.8 Å². The predicted octanol–water partition coefficient (Wildman–Crippen LogP) is 5.96. The van der Waals surface area contributed by atoms with Crippen molar-refractivity contribution in [3.8, 4) is 5.75 Å². The number of hydrogen-bond donors (Lipinski definition) is 4. The molecule has 1 aromatic rings. The summed E-state index contributed by atoms with van der Waals surface area (Å²) in [6.45, 7) is 6.43. The third kappa shape index (κ3) is 16.7. The molecule has 268 valence electrons. The highest BCUT2D eigenvalue weighted by atomic mass is 16.5. The molecule has 0 bridgehead atoms. The molecule has 0 aliphatic carbocycles. The van der Waals surface area contributed by atoms with Gasteiger partial charge in [0.2, 0.25) is 5.91 Å². The van der Waals surface area contributed by atoms with E-state index in [-0.39, 0.29) is 12.2 Å². The highest BCUT2D eigenvalue weighted by Gasteiger charge is 2.49. The van der Waals surface area contributed by atoms with Gasteiger partial charge in [0.15, 0.2) is 5.60 Å². The second-order valence-electron chi connectivity index (χ2n) is 12.4. The Morgan fingerprint density at radius 2 is 1.50 bits per heavy atom. The monoisotopic (exact) mass is 673 g/mol. The van der Waals surface area contributed by atoms with Crippen LogP contribution in [0.1, 0.15) is 110 Å². The van der Waals surface area contributed by atoms with Gasteiger partial charge in [0, 0.05) is 19.3 Å². The maximum absolute atomic E-state index is 13.4. The Bertz CT molecular complexity index is 1220. The van der Waals surface area contributed by atoms with E-state index in [1.54, 1.807) is 30.3 Å². The van der Waals surface area contributed by atoms with Crippen LogP contribution in [0.4, 0.5) is 0 Å². The third-order valence-corrected chi connectivity index (χ3v) is 7.99. The maximum Gasteiger partial charge on any atom is 0.337 e. The molecule has 1 amide bonds. The lowest BCUT2D eigenvalue weighted by atomic mass is 9.82. The molecule has 11 nitrogen and oxygen atoms in total. The molecule has 0 aromatic heterocycles. The van der Waals surface area contributed by atoms with Gasteiger partial charge in [-0.3, -0.25) is 14.4 Å². The summed E-state index contributed by atoms with van der Waals surface area (Å²) in [6, 6.07) is 5.21. The average Bonchev–Trinajstić information content (AvgIpc) is 3.03. The van der Waals surface area contributed by atoms with Crippen molar-refractivity contribution in [3.05, 3.63) is 53.6 Å². The van der Waals surface area contributed by atoms with E-state index in [4.69, 9.17) is 4.74 Å². The molecule has 0 heterocycles. The Balaban J connectivity index is 2.88. The number of aliphatic hydroxyl groups is 1. The fourth-order valence-electron chi connectivity index (χ4n) is 5.02. The van der Waals surface area contributed by atoms with Gasteiger partial charge in [-0.25, -0.2) is 9.59 Å². The number of carbonyl (C=O) groups excluding carboxylic acids is 3. The normalized spacial score (nSPS) is 13.6. The molecule has 1 rings (SSSR count). The Morgan fingerprint density at radius 3 is 2.04 bits per heavy atom. The zero-order valence-corrected chi connectivity index (χ0v) is 29.0. The number of methoxy groups -OCH3 is 1. The average molecular weight is 674 g/mol. The summed E-state index contributed by atoms with van der Waals surface area (Å²) >= 11 is 0. The minimum absolute atomic E-state index is 0.129. The van der Waals surface area contributed by atoms with Gasteiger partial charge in [-0.2, -0.15) is 0 Å². The zero-order chi connectivity index (χ0) is 36.0. The molecule has 0 saturated heterocycles. The lowest BCUT2D eigenvalue weighted by Gasteiger charge is -2.30. The number of benzene rings is 1. The molecule has 0 spiro atoms. The first-order valence-electron chi connectivity index (χ1n) is 16.9. The van der Waals surface area contributed by atoms with Gasteiger partial charge < -0.3 is 30.1 Å². The van der Waals surface area contributed by atoms with Crippen LogP contribution < -0.4 is 10.1 Å². The lowest BCUT2D eigenvalue weighted by molar-refractivity contribution is -0.173. The number of ketones is 1. The van der Waals surface area contributed by atoms with E-state index in [0.29, 0.717) is 43.6 Å². The second kappa shape index (κ2) is 23.4. The Labute approximate surface area is 284 Å². The number of allylic oxidation sites excluding steroid dienone is 2. The number of rotatable bonds is 26. The van der Waals surface area contributed by atoms with Gasteiger partial charge in [0.05, 0.1) is 19.4 Å². The maximum atomic E-state index is 13.4. The number of ether oxygens (including phenoxy) is 2. The molecule has 0 radical (unpaired) electrons. The summed E-state index contributed by atoms with van der Waals surface area (Å²) in [5, 5.41) is 33.2. The van der Waals surface area contributed by atoms with Crippen LogP contribution in [0.3, 0.4) is 0 Å². The summed E-state index contributed by atoms with van der Waals surface area (Å²) in [6.07, 6.45) is 13.7. The first kappa shape index (κ1) is 42.0. The van der Waals surface area contributed by atoms with E-state index in [2.05, 4.69) is 17.0 Å². The van der Waals surface area contributed by atoms with Gasteiger partial charge in [0.25, 0.3) is 0 Å². The number of hydrogen-bond acceptors (Lipinski definition) is 8. The van der Waals surface area contributed by atoms with E-state index in [1.165, 1.54) is 18.9 Å². The minimum Gasteiger partial charge on any atom is -0.490 e. The summed E-state index contributed by atoms with van der Waals surface area (Å²) in [5.41, 5.74) is -1.22. The zero-order valence-electron chi connectivity index (χ0n) is 29.0. The van der Waals surface area contributed by atoms with Crippen LogP contribution in [0.2, 0.25) is 0 Å². The van der Waals surface area contributed by atoms with Crippen LogP contribution in [0.5, 0.6) is 5.75 Å². The number of unbranched alkanes of at least 4 members (excludes halogenated alkanes) is 8. The molecule has 1 aromatic carbocycles. The molecular formula is C37H55NO10. The van der Waals surface area contributed by atoms with Crippen LogP contribution >= 0.6 is 0 Å². The summed E-state index contributed by atoms with van der Waals surface area (Å²) < 4.78 is 10.2. The number of carboxylic acid groups (broad SMARTS) is 2. The number of nitrogens with one attached hydrogen (secondary N) is 1. The number of esters is 1. The number of aliphatic carboxylic acids is 2. The number of carboxylic acids is 2. The predicted molar refractivity (Wildman–Crippen MR) is 183 cm³/mol. The van der Waals surface area contributed by atoms with Crippen molar-refractivity contribution in [2.24, 2.45) is 5.92 Å². The molecule has 48 heavy (non-hydrogen) atoms. The molecular weight excluding hydrogens is 618 g/mol. The van der Waals surface area contributed by atoms with Gasteiger partial charge in [-0.1, -0.05) is 75.3 Å². The van der Waals surface area contributed by atoms with E-state index in [9.17, 15) is 39.3 Å². The fraction of sp³-hybridized carbons (Fsp3) is 0.595. The van der Waals surface area contributed by atoms with Gasteiger partial charge in [0.1, 0.15) is 24.2 Å². The fourth-order valence-corrected chi connectivity index (χ4v) is 5.02. The van der Waals surface area contributed by atoms with Crippen molar-refractivity contribution < 1.29 is 48.8 Å². The highest BCUT2D eigenvalue weighted by molar-refractivity contribution is 5.94. The lowest BCUT2D eigenvalue weighted by Crippen LogP contribution is -2.55. The van der Waals surface area contributed by atoms with Crippen LogP contribution in [-0.4, -0.2) is 70.3 Å². The molecule has 3 atom stereocenters. The van der Waals surface area contributed by atoms with Gasteiger partial charge in [-0.15, -0.1) is 0 Å². The molecule has 4 N–H and O–H groups in total. The molecule has 0 aliphatic heterocycles. The topological polar surface area (TPSA) is 177 Å². The molecule has 0 fully saturated rings. The Kier molecular flexibility index (Phi) is 20.5. The van der Waals surface area contributed by atoms with Gasteiger partial charge in [-0.05, 0) is 63.3 Å². The third-order valence-electron chi connectivity index (χ3n) is 7.99. The first-order chi connectivity index (χ1) is 22.8. The summed E-state index contributed by atoms with van der Waals surface area (Å²) in [5.74, 6) is -6.25. The largest absolute Gasteiger partial charge is 0.490 e. The van der Waals surface area contributed by atoms with Crippen molar-refractivity contribution in [2.45, 2.75) is 122 Å². The van der Waals surface area contributed by atoms with Crippen LogP contribution in [0, 0.1) is 5.92 Å². The number of carbonyl (C=O) groups is 5. The van der Waals surface area contributed by atoms with E-state index >= 15 is 0 Å². The van der Waals surface area contributed by atoms with E-state index in [0.717, 1.165) is 51.2 Å².